The number of anilines is 1. The molecule has 0 spiro atoms. The fourth-order valence-corrected chi connectivity index (χ4v) is 5.63. The van der Waals surface area contributed by atoms with Crippen LogP contribution in [0.4, 0.5) is 5.69 Å². The van der Waals surface area contributed by atoms with Gasteiger partial charge >= 0.3 is 11.9 Å². The number of thiophene rings is 1. The average molecular weight is 541 g/mol. The lowest BCUT2D eigenvalue weighted by atomic mass is 10.1. The first-order valence-corrected chi connectivity index (χ1v) is 13.4. The molecule has 0 aliphatic heterocycles. The Morgan fingerprint density at radius 3 is 2.57 bits per heavy atom. The van der Waals surface area contributed by atoms with Gasteiger partial charge in [0.15, 0.2) is 0 Å². The van der Waals surface area contributed by atoms with Gasteiger partial charge in [-0.2, -0.15) is 8.75 Å². The Hall–Kier alpha value is -3.10. The molecule has 0 aliphatic rings. The van der Waals surface area contributed by atoms with Crippen molar-refractivity contribution in [1.29, 1.82) is 0 Å². The minimum atomic E-state index is -4.10. The molecule has 35 heavy (non-hydrogen) atoms. The Bertz CT molecular complexity index is 1340. The maximum Gasteiger partial charge on any atom is 0.329 e. The van der Waals surface area contributed by atoms with E-state index in [1.54, 1.807) is 32.9 Å². The van der Waals surface area contributed by atoms with Crippen molar-refractivity contribution in [2.24, 2.45) is 0 Å². The normalized spacial score (nSPS) is 12.7. The van der Waals surface area contributed by atoms with Crippen LogP contribution in [-0.4, -0.2) is 53.8 Å². The summed E-state index contributed by atoms with van der Waals surface area (Å²) < 4.78 is 46.6. The first-order chi connectivity index (χ1) is 16.4. The number of ether oxygens (including phenoxy) is 2. The van der Waals surface area contributed by atoms with E-state index in [0.29, 0.717) is 5.52 Å². The van der Waals surface area contributed by atoms with Crippen LogP contribution in [0.2, 0.25) is 0 Å². The molecule has 1 amide bonds. The Labute approximate surface area is 210 Å². The minimum Gasteiger partial charge on any atom is -0.469 e. The van der Waals surface area contributed by atoms with E-state index in [0.717, 1.165) is 23.1 Å². The van der Waals surface area contributed by atoms with Crippen molar-refractivity contribution in [2.45, 2.75) is 50.2 Å². The highest BCUT2D eigenvalue weighted by molar-refractivity contribution is 7.93. The number of esters is 2. The number of aromatic nitrogens is 2. The molecule has 11 nitrogen and oxygen atoms in total. The van der Waals surface area contributed by atoms with E-state index >= 15 is 0 Å². The van der Waals surface area contributed by atoms with E-state index in [-0.39, 0.29) is 33.8 Å². The number of hydrogen-bond acceptors (Lipinski definition) is 11. The van der Waals surface area contributed by atoms with Crippen LogP contribution in [-0.2, 0) is 29.1 Å². The summed E-state index contributed by atoms with van der Waals surface area (Å²) in [7, 11) is -2.88. The number of hydrogen-bond donors (Lipinski definition) is 2. The zero-order valence-electron chi connectivity index (χ0n) is 19.4. The minimum absolute atomic E-state index is 0.0311. The predicted octanol–water partition coefficient (Wildman–Crippen LogP) is 2.95. The molecule has 0 fully saturated rings. The van der Waals surface area contributed by atoms with Gasteiger partial charge in [0.05, 0.1) is 24.5 Å². The van der Waals surface area contributed by atoms with Gasteiger partial charge in [0.2, 0.25) is 0 Å². The van der Waals surface area contributed by atoms with Crippen LogP contribution in [0.3, 0.4) is 0 Å². The van der Waals surface area contributed by atoms with Crippen LogP contribution in [0.15, 0.2) is 34.5 Å². The predicted molar refractivity (Wildman–Crippen MR) is 131 cm³/mol. The Morgan fingerprint density at radius 2 is 1.89 bits per heavy atom. The fourth-order valence-electron chi connectivity index (χ4n) is 2.97. The van der Waals surface area contributed by atoms with Gasteiger partial charge in [-0.1, -0.05) is 6.07 Å². The average Bonchev–Trinajstić information content (AvgIpc) is 3.43. The second-order valence-corrected chi connectivity index (χ2v) is 11.4. The Morgan fingerprint density at radius 1 is 1.14 bits per heavy atom. The lowest BCUT2D eigenvalue weighted by Crippen LogP contribution is -2.44. The third-order valence-electron chi connectivity index (χ3n) is 4.52. The molecule has 3 aromatic rings. The van der Waals surface area contributed by atoms with Crippen LogP contribution in [0, 0.1) is 0 Å². The summed E-state index contributed by atoms with van der Waals surface area (Å²) in [5.41, 5.74) is -0.129. The zero-order chi connectivity index (χ0) is 25.8. The van der Waals surface area contributed by atoms with E-state index in [1.807, 2.05) is 0 Å². The summed E-state index contributed by atoms with van der Waals surface area (Å²) in [6.07, 6.45) is -0.186. The van der Waals surface area contributed by atoms with E-state index in [2.05, 4.69) is 23.5 Å². The van der Waals surface area contributed by atoms with Gasteiger partial charge < -0.3 is 14.8 Å². The SMILES string of the molecule is COC(=O)CC[C@H](NC(=O)c1sccc1NS(=O)(=O)c1cccc2nsnc12)C(=O)OC(C)(C)C. The van der Waals surface area contributed by atoms with Crippen molar-refractivity contribution >= 4 is 67.7 Å². The monoisotopic (exact) mass is 540 g/mol. The number of sulfonamides is 1. The third-order valence-corrected chi connectivity index (χ3v) is 7.37. The molecule has 0 saturated carbocycles. The summed E-state index contributed by atoms with van der Waals surface area (Å²) in [6.45, 7) is 5.03. The second-order valence-electron chi connectivity index (χ2n) is 8.33. The maximum absolute atomic E-state index is 13.1. The topological polar surface area (TPSA) is 154 Å². The van der Waals surface area contributed by atoms with Gasteiger partial charge in [-0.3, -0.25) is 14.3 Å². The molecule has 0 bridgehead atoms. The Kier molecular flexibility index (Phi) is 8.07. The van der Waals surface area contributed by atoms with Crippen molar-refractivity contribution in [3.8, 4) is 0 Å². The largest absolute Gasteiger partial charge is 0.469 e. The summed E-state index contributed by atoms with van der Waals surface area (Å²) in [6, 6.07) is 4.87. The van der Waals surface area contributed by atoms with Crippen molar-refractivity contribution in [3.05, 3.63) is 34.5 Å². The molecule has 3 rings (SSSR count). The van der Waals surface area contributed by atoms with E-state index in [4.69, 9.17) is 4.74 Å². The van der Waals surface area contributed by atoms with Crippen LogP contribution in [0.5, 0.6) is 0 Å². The summed E-state index contributed by atoms with van der Waals surface area (Å²) in [5, 5.41) is 4.08. The quantitative estimate of drug-likeness (QED) is 0.390. The molecule has 0 radical (unpaired) electrons. The smallest absolute Gasteiger partial charge is 0.329 e. The first-order valence-electron chi connectivity index (χ1n) is 10.3. The van der Waals surface area contributed by atoms with E-state index in [1.165, 1.54) is 24.6 Å². The molecule has 1 atom stereocenters. The number of rotatable bonds is 9. The van der Waals surface area contributed by atoms with Crippen molar-refractivity contribution in [2.75, 3.05) is 11.8 Å². The van der Waals surface area contributed by atoms with Crippen LogP contribution >= 0.6 is 23.1 Å². The highest BCUT2D eigenvalue weighted by Gasteiger charge is 2.30. The molecular formula is C21H24N4O7S3. The summed E-state index contributed by atoms with van der Waals surface area (Å²) in [4.78, 5) is 37.2. The number of benzene rings is 1. The number of fused-ring (bicyclic) bond motifs is 1. The highest BCUT2D eigenvalue weighted by Crippen LogP contribution is 2.28. The van der Waals surface area contributed by atoms with Gasteiger partial charge in [0, 0.05) is 6.42 Å². The molecule has 2 aromatic heterocycles. The van der Waals surface area contributed by atoms with Crippen molar-refractivity contribution in [1.82, 2.24) is 14.1 Å². The van der Waals surface area contributed by atoms with Crippen LogP contribution in [0.1, 0.15) is 43.3 Å². The molecule has 0 aliphatic carbocycles. The second kappa shape index (κ2) is 10.7. The number of nitrogens with zero attached hydrogens (tertiary/aromatic N) is 2. The maximum atomic E-state index is 13.1. The Balaban J connectivity index is 1.82. The molecule has 0 unspecified atom stereocenters. The summed E-state index contributed by atoms with van der Waals surface area (Å²) >= 11 is 1.88. The van der Waals surface area contributed by atoms with Gasteiger partial charge in [0.25, 0.3) is 15.9 Å². The molecule has 2 N–H and O–H groups in total. The molecule has 14 heteroatoms. The van der Waals surface area contributed by atoms with Gasteiger partial charge in [-0.15, -0.1) is 11.3 Å². The standard InChI is InChI=1S/C21H24N4O7S3/c1-21(2,3)32-20(28)14(8-9-16(26)31-4)22-19(27)18-13(10-11-33-18)25-35(29,30)15-7-5-6-12-17(15)24-34-23-12/h5-7,10-11,14,25H,8-9H2,1-4H3,(H,22,27)/t14-/m0/s1. The van der Waals surface area contributed by atoms with Crippen LogP contribution in [0.25, 0.3) is 11.0 Å². The summed E-state index contributed by atoms with van der Waals surface area (Å²) in [5.74, 6) is -1.98. The first kappa shape index (κ1) is 26.5. The number of nitrogens with one attached hydrogen (secondary N) is 2. The molecular weight excluding hydrogens is 516 g/mol. The molecule has 1 aromatic carbocycles. The number of amides is 1. The third kappa shape index (κ3) is 6.74. The van der Waals surface area contributed by atoms with E-state index < -0.39 is 39.5 Å². The van der Waals surface area contributed by atoms with E-state index in [9.17, 15) is 22.8 Å². The lowest BCUT2D eigenvalue weighted by molar-refractivity contribution is -0.157. The fraction of sp³-hybridized carbons (Fsp3) is 0.381. The number of carbonyl (C=O) groups excluding carboxylic acids is 3. The highest BCUT2D eigenvalue weighted by atomic mass is 32.2. The molecule has 0 saturated heterocycles. The van der Waals surface area contributed by atoms with Gasteiger partial charge in [0.1, 0.15) is 32.4 Å². The molecule has 188 valence electrons. The van der Waals surface area contributed by atoms with Crippen LogP contribution < -0.4 is 10.0 Å². The number of carbonyl (C=O) groups is 3. The van der Waals surface area contributed by atoms with Gasteiger partial charge in [-0.25, -0.2) is 13.2 Å². The van der Waals surface area contributed by atoms with Gasteiger partial charge in [-0.05, 0) is 50.8 Å². The lowest BCUT2D eigenvalue weighted by Gasteiger charge is -2.24. The zero-order valence-corrected chi connectivity index (χ0v) is 21.8. The molecule has 2 heterocycles. The van der Waals surface area contributed by atoms with Crippen molar-refractivity contribution in [3.63, 3.8) is 0 Å². The van der Waals surface area contributed by atoms with Crippen molar-refractivity contribution < 1.29 is 32.3 Å². The number of methoxy groups -OCH3 is 1.